The van der Waals surface area contributed by atoms with Gasteiger partial charge in [0.25, 0.3) is 0 Å². The fourth-order valence-corrected chi connectivity index (χ4v) is 2.26. The molecule has 0 amide bonds. The van der Waals surface area contributed by atoms with Gasteiger partial charge in [-0.15, -0.1) is 5.76 Å². The normalized spacial score (nSPS) is 22.8. The van der Waals surface area contributed by atoms with E-state index < -0.39 is 11.9 Å². The van der Waals surface area contributed by atoms with Gasteiger partial charge >= 0.3 is 5.97 Å². The maximum Gasteiger partial charge on any atom is 0.316 e. The second kappa shape index (κ2) is 5.14. The Morgan fingerprint density at radius 3 is 2.62 bits per heavy atom. The lowest BCUT2D eigenvalue weighted by Crippen LogP contribution is -2.34. The van der Waals surface area contributed by atoms with Crippen LogP contribution >= 0.6 is 0 Å². The van der Waals surface area contributed by atoms with Crippen LogP contribution in [-0.2, 0) is 14.3 Å². The van der Waals surface area contributed by atoms with Crippen molar-refractivity contribution in [2.24, 2.45) is 11.8 Å². The highest BCUT2D eigenvalue weighted by Crippen LogP contribution is 2.34. The molecule has 4 nitrogen and oxygen atoms in total. The molecule has 1 aliphatic carbocycles. The highest BCUT2D eigenvalue weighted by atomic mass is 16.5. The van der Waals surface area contributed by atoms with Crippen molar-refractivity contribution in [3.05, 3.63) is 11.3 Å². The molecule has 16 heavy (non-hydrogen) atoms. The Labute approximate surface area is 95.3 Å². The summed E-state index contributed by atoms with van der Waals surface area (Å²) in [5, 5.41) is 11.5. The molecule has 4 heteroatoms. The van der Waals surface area contributed by atoms with Gasteiger partial charge in [-0.2, -0.15) is 0 Å². The number of hydrogen-bond donors (Lipinski definition) is 0. The van der Waals surface area contributed by atoms with Gasteiger partial charge in [0.15, 0.2) is 0 Å². The molecule has 0 saturated heterocycles. The lowest BCUT2D eigenvalue weighted by atomic mass is 9.77. The zero-order chi connectivity index (χ0) is 12.3. The molecule has 1 unspecified atom stereocenters. The molecular formula is C12H17O4-. The third-order valence-electron chi connectivity index (χ3n) is 3.21. The first-order valence-corrected chi connectivity index (χ1v) is 5.44. The van der Waals surface area contributed by atoms with Crippen LogP contribution in [0.4, 0.5) is 0 Å². The fraction of sp³-hybridized carbons (Fsp3) is 0.667. The molecule has 0 aromatic carbocycles. The van der Waals surface area contributed by atoms with Gasteiger partial charge in [0.05, 0.1) is 7.11 Å². The number of carbonyl (C=O) groups is 2. The van der Waals surface area contributed by atoms with Crippen molar-refractivity contribution in [1.82, 2.24) is 0 Å². The number of esters is 1. The fourth-order valence-electron chi connectivity index (χ4n) is 2.26. The van der Waals surface area contributed by atoms with Crippen LogP contribution in [-0.4, -0.2) is 18.9 Å². The lowest BCUT2D eigenvalue weighted by molar-refractivity contribution is -0.310. The maximum atomic E-state index is 11.5. The Morgan fingerprint density at radius 1 is 1.50 bits per heavy atom. The molecule has 0 fully saturated rings. The van der Waals surface area contributed by atoms with E-state index in [0.29, 0.717) is 18.4 Å². The molecule has 0 radical (unpaired) electrons. The molecule has 90 valence electrons. The van der Waals surface area contributed by atoms with E-state index in [1.165, 1.54) is 14.0 Å². The Bertz CT molecular complexity index is 330. The van der Waals surface area contributed by atoms with E-state index in [2.05, 4.69) is 4.74 Å². The van der Waals surface area contributed by atoms with E-state index in [4.69, 9.17) is 0 Å². The first-order valence-electron chi connectivity index (χ1n) is 5.44. The molecule has 0 aromatic heterocycles. The topological polar surface area (TPSA) is 66.4 Å². The summed E-state index contributed by atoms with van der Waals surface area (Å²) < 4.78 is 4.63. The Morgan fingerprint density at radius 2 is 2.12 bits per heavy atom. The quantitative estimate of drug-likeness (QED) is 0.526. The summed E-state index contributed by atoms with van der Waals surface area (Å²) >= 11 is 0. The summed E-state index contributed by atoms with van der Waals surface area (Å²) in [5.41, 5.74) is 0.636. The van der Waals surface area contributed by atoms with Crippen LogP contribution in [0.2, 0.25) is 0 Å². The van der Waals surface area contributed by atoms with Gasteiger partial charge in [-0.1, -0.05) is 5.57 Å². The molecule has 0 bridgehead atoms. The Kier molecular flexibility index (Phi) is 4.10. The van der Waals surface area contributed by atoms with Gasteiger partial charge in [0.2, 0.25) is 0 Å². The van der Waals surface area contributed by atoms with Crippen LogP contribution in [0.1, 0.15) is 33.1 Å². The molecule has 0 saturated carbocycles. The molecule has 0 heterocycles. The summed E-state index contributed by atoms with van der Waals surface area (Å²) in [6, 6.07) is 0. The molecule has 2 atom stereocenters. The first kappa shape index (κ1) is 12.7. The van der Waals surface area contributed by atoms with Crippen molar-refractivity contribution in [3.8, 4) is 0 Å². The van der Waals surface area contributed by atoms with E-state index in [-0.39, 0.29) is 17.5 Å². The average Bonchev–Trinajstić information content (AvgIpc) is 2.24. The second-order valence-corrected chi connectivity index (χ2v) is 4.22. The van der Waals surface area contributed by atoms with E-state index in [1.807, 2.05) is 0 Å². The third-order valence-corrected chi connectivity index (χ3v) is 3.21. The van der Waals surface area contributed by atoms with Gasteiger partial charge in [-0.05, 0) is 39.0 Å². The molecule has 0 N–H and O–H groups in total. The van der Waals surface area contributed by atoms with Gasteiger partial charge < -0.3 is 9.84 Å². The largest absolute Gasteiger partial charge is 0.875 e. The second-order valence-electron chi connectivity index (χ2n) is 4.22. The van der Waals surface area contributed by atoms with Crippen molar-refractivity contribution in [1.29, 1.82) is 0 Å². The van der Waals surface area contributed by atoms with Crippen molar-refractivity contribution in [2.75, 3.05) is 7.11 Å². The number of methoxy groups -OCH3 is 1. The molecule has 1 rings (SSSR count). The maximum absolute atomic E-state index is 11.5. The van der Waals surface area contributed by atoms with Crippen molar-refractivity contribution in [3.63, 3.8) is 0 Å². The van der Waals surface area contributed by atoms with Gasteiger partial charge in [0.1, 0.15) is 11.7 Å². The van der Waals surface area contributed by atoms with Crippen molar-refractivity contribution >= 4 is 11.8 Å². The number of ether oxygens (including phenoxy) is 1. The van der Waals surface area contributed by atoms with Crippen LogP contribution < -0.4 is 5.11 Å². The minimum Gasteiger partial charge on any atom is -0.875 e. The van der Waals surface area contributed by atoms with Crippen LogP contribution in [0.15, 0.2) is 11.3 Å². The molecule has 0 spiro atoms. The standard InChI is InChI=1S/C12H18O4/c1-7-9(5-4-6-10(7)14)11(8(2)13)12(15)16-3/h9,11,14H,4-6H2,1-3H3/p-1/t9?,11-/m0/s1. The van der Waals surface area contributed by atoms with E-state index in [9.17, 15) is 14.7 Å². The monoisotopic (exact) mass is 225 g/mol. The van der Waals surface area contributed by atoms with Crippen LogP contribution in [0.25, 0.3) is 0 Å². The first-order chi connectivity index (χ1) is 7.49. The van der Waals surface area contributed by atoms with Crippen molar-refractivity contribution in [2.45, 2.75) is 33.1 Å². The smallest absolute Gasteiger partial charge is 0.316 e. The number of Topliss-reactive ketones (excluding diaryl/α,β-unsaturated/α-hetero) is 1. The van der Waals surface area contributed by atoms with Crippen molar-refractivity contribution < 1.29 is 19.4 Å². The summed E-state index contributed by atoms with van der Waals surface area (Å²) in [6.45, 7) is 3.08. The van der Waals surface area contributed by atoms with Crippen LogP contribution in [0, 0.1) is 11.8 Å². The Hall–Kier alpha value is -1.32. The molecule has 0 aromatic rings. The molecular weight excluding hydrogens is 208 g/mol. The summed E-state index contributed by atoms with van der Waals surface area (Å²) in [4.78, 5) is 23.0. The SMILES string of the molecule is COC(=O)[C@@H](C(C)=O)C1CCCC([O-])=C1C. The summed E-state index contributed by atoms with van der Waals surface area (Å²) in [7, 11) is 1.26. The Balaban J connectivity index is 2.99. The number of ketones is 1. The number of allylic oxidation sites excluding steroid dienone is 2. The highest BCUT2D eigenvalue weighted by molar-refractivity contribution is 5.98. The predicted molar refractivity (Wildman–Crippen MR) is 56.2 cm³/mol. The summed E-state index contributed by atoms with van der Waals surface area (Å²) in [5.74, 6) is -1.79. The lowest BCUT2D eigenvalue weighted by Gasteiger charge is -2.32. The van der Waals surface area contributed by atoms with Gasteiger partial charge in [0, 0.05) is 0 Å². The minimum absolute atomic E-state index is 0.0615. The number of hydrogen-bond acceptors (Lipinski definition) is 4. The van der Waals surface area contributed by atoms with E-state index >= 15 is 0 Å². The number of rotatable bonds is 3. The van der Waals surface area contributed by atoms with E-state index in [0.717, 1.165) is 6.42 Å². The van der Waals surface area contributed by atoms with Gasteiger partial charge in [-0.25, -0.2) is 0 Å². The zero-order valence-corrected chi connectivity index (χ0v) is 9.91. The minimum atomic E-state index is -0.811. The average molecular weight is 225 g/mol. The van der Waals surface area contributed by atoms with Gasteiger partial charge in [-0.3, -0.25) is 9.59 Å². The van der Waals surface area contributed by atoms with E-state index in [1.54, 1.807) is 6.92 Å². The highest BCUT2D eigenvalue weighted by Gasteiger charge is 2.35. The van der Waals surface area contributed by atoms with Crippen LogP contribution in [0.5, 0.6) is 0 Å². The third kappa shape index (κ3) is 2.43. The van der Waals surface area contributed by atoms with Crippen LogP contribution in [0.3, 0.4) is 0 Å². The number of carbonyl (C=O) groups excluding carboxylic acids is 2. The summed E-state index contributed by atoms with van der Waals surface area (Å²) in [6.07, 6.45) is 1.96. The molecule has 0 aliphatic heterocycles. The molecule has 1 aliphatic rings. The predicted octanol–water partition coefficient (Wildman–Crippen LogP) is 0.799. The zero-order valence-electron chi connectivity index (χ0n) is 9.91.